The van der Waals surface area contributed by atoms with Crippen molar-refractivity contribution in [3.8, 4) is 0 Å². The number of nitro groups is 1. The van der Waals surface area contributed by atoms with E-state index in [0.717, 1.165) is 13.1 Å². The van der Waals surface area contributed by atoms with Crippen LogP contribution in [0.3, 0.4) is 0 Å². The summed E-state index contributed by atoms with van der Waals surface area (Å²) in [5.74, 6) is 0.454. The van der Waals surface area contributed by atoms with E-state index < -0.39 is 4.92 Å². The molecule has 7 nitrogen and oxygen atoms in total. The zero-order valence-electron chi connectivity index (χ0n) is 11.9. The fourth-order valence-corrected chi connectivity index (χ4v) is 2.27. The lowest BCUT2D eigenvalue weighted by molar-refractivity contribution is -0.385. The quantitative estimate of drug-likeness (QED) is 0.254. The summed E-state index contributed by atoms with van der Waals surface area (Å²) in [7, 11) is 0. The molecule has 1 aliphatic rings. The van der Waals surface area contributed by atoms with Gasteiger partial charge in [0.05, 0.1) is 18.1 Å². The molecule has 0 bridgehead atoms. The van der Waals surface area contributed by atoms with E-state index in [0.29, 0.717) is 42.7 Å². The van der Waals surface area contributed by atoms with E-state index in [1.807, 2.05) is 4.90 Å². The Hall–Kier alpha value is -1.13. The van der Waals surface area contributed by atoms with E-state index >= 15 is 0 Å². The molecule has 2 rings (SSSR count). The number of nitro benzene ring substituents is 1. The molecule has 0 aromatic heterocycles. The van der Waals surface area contributed by atoms with Crippen LogP contribution in [0, 0.1) is 10.1 Å². The third-order valence-electron chi connectivity index (χ3n) is 3.23. The predicted molar refractivity (Wildman–Crippen MR) is 96.1 cm³/mol. The highest BCUT2D eigenvalue weighted by Gasteiger charge is 2.15. The number of benzene rings is 1. The number of nitrogens with zero attached hydrogens (tertiary/aromatic N) is 3. The molecule has 0 unspecified atom stereocenters. The second-order valence-electron chi connectivity index (χ2n) is 4.62. The van der Waals surface area contributed by atoms with Crippen LogP contribution in [0.2, 0.25) is 5.02 Å². The van der Waals surface area contributed by atoms with Crippen LogP contribution in [0.15, 0.2) is 23.2 Å². The number of hydrogen-bond donors (Lipinski definition) is 1. The summed E-state index contributed by atoms with van der Waals surface area (Å²) < 4.78 is 5.24. The zero-order chi connectivity index (χ0) is 15.2. The molecular weight excluding hydrogens is 423 g/mol. The molecule has 1 aliphatic heterocycles. The summed E-state index contributed by atoms with van der Waals surface area (Å²) in [6, 6.07) is 4.64. The van der Waals surface area contributed by atoms with Crippen LogP contribution in [0.25, 0.3) is 0 Å². The molecule has 2 N–H and O–H groups in total. The van der Waals surface area contributed by atoms with Crippen molar-refractivity contribution in [1.82, 2.24) is 4.90 Å². The minimum absolute atomic E-state index is 0. The molecule has 1 aromatic carbocycles. The third kappa shape index (κ3) is 5.25. The molecule has 1 heterocycles. The van der Waals surface area contributed by atoms with Crippen molar-refractivity contribution in [2.24, 2.45) is 10.7 Å². The van der Waals surface area contributed by atoms with Gasteiger partial charge in [0.1, 0.15) is 0 Å². The first-order valence-corrected chi connectivity index (χ1v) is 7.01. The highest BCUT2D eigenvalue weighted by molar-refractivity contribution is 14.0. The summed E-state index contributed by atoms with van der Waals surface area (Å²) in [5, 5.41) is 11.3. The Bertz CT molecular complexity index is 550. The molecule has 1 saturated heterocycles. The topological polar surface area (TPSA) is 94.0 Å². The largest absolute Gasteiger partial charge is 0.378 e. The highest BCUT2D eigenvalue weighted by atomic mass is 127. The standard InChI is InChI=1S/C13H17ClN4O3.HI/c14-11-2-1-10(12(9-11)18(19)20)3-4-16-13(15)17-5-7-21-8-6-17;/h1-2,9H,3-8H2,(H2,15,16);1H. The van der Waals surface area contributed by atoms with Crippen LogP contribution in [0.4, 0.5) is 5.69 Å². The second kappa shape index (κ2) is 9.11. The number of aliphatic imine (C=N–C) groups is 1. The maximum Gasteiger partial charge on any atom is 0.274 e. The monoisotopic (exact) mass is 440 g/mol. The van der Waals surface area contributed by atoms with Crippen molar-refractivity contribution in [3.05, 3.63) is 38.9 Å². The van der Waals surface area contributed by atoms with Crippen molar-refractivity contribution < 1.29 is 9.66 Å². The van der Waals surface area contributed by atoms with E-state index in [1.165, 1.54) is 6.07 Å². The maximum absolute atomic E-state index is 11.0. The first kappa shape index (κ1) is 18.9. The molecule has 0 spiro atoms. The first-order valence-electron chi connectivity index (χ1n) is 6.63. The SMILES string of the molecule is I.NC(=NCCc1ccc(Cl)cc1[N+](=O)[O-])N1CCOCC1. The summed E-state index contributed by atoms with van der Waals surface area (Å²) >= 11 is 5.78. The van der Waals surface area contributed by atoms with E-state index in [9.17, 15) is 10.1 Å². The molecular formula is C13H18ClIN4O3. The van der Waals surface area contributed by atoms with Crippen LogP contribution in [-0.4, -0.2) is 48.6 Å². The van der Waals surface area contributed by atoms with Crippen molar-refractivity contribution in [3.63, 3.8) is 0 Å². The van der Waals surface area contributed by atoms with Crippen molar-refractivity contribution in [2.75, 3.05) is 32.8 Å². The number of guanidine groups is 1. The minimum Gasteiger partial charge on any atom is -0.378 e. The van der Waals surface area contributed by atoms with Gasteiger partial charge >= 0.3 is 0 Å². The van der Waals surface area contributed by atoms with E-state index in [4.69, 9.17) is 22.1 Å². The second-order valence-corrected chi connectivity index (χ2v) is 5.06. The Kier molecular flexibility index (Phi) is 7.83. The van der Waals surface area contributed by atoms with Gasteiger partial charge in [0, 0.05) is 36.3 Å². The van der Waals surface area contributed by atoms with Crippen molar-refractivity contribution in [2.45, 2.75) is 6.42 Å². The fraction of sp³-hybridized carbons (Fsp3) is 0.462. The highest BCUT2D eigenvalue weighted by Crippen LogP contribution is 2.23. The molecule has 1 fully saturated rings. The summed E-state index contributed by atoms with van der Waals surface area (Å²) in [4.78, 5) is 16.8. The molecule has 22 heavy (non-hydrogen) atoms. The Labute approximate surface area is 150 Å². The Morgan fingerprint density at radius 1 is 1.45 bits per heavy atom. The lowest BCUT2D eigenvalue weighted by atomic mass is 10.1. The predicted octanol–water partition coefficient (Wildman–Crippen LogP) is 2.06. The van der Waals surface area contributed by atoms with Gasteiger partial charge in [0.2, 0.25) is 0 Å². The molecule has 1 aromatic rings. The smallest absolute Gasteiger partial charge is 0.274 e. The Morgan fingerprint density at radius 2 is 2.14 bits per heavy atom. The van der Waals surface area contributed by atoms with Gasteiger partial charge in [-0.05, 0) is 12.5 Å². The van der Waals surface area contributed by atoms with Crippen LogP contribution < -0.4 is 5.73 Å². The van der Waals surface area contributed by atoms with Gasteiger partial charge in [-0.1, -0.05) is 17.7 Å². The van der Waals surface area contributed by atoms with Gasteiger partial charge in [-0.3, -0.25) is 15.1 Å². The van der Waals surface area contributed by atoms with Gasteiger partial charge in [-0.25, -0.2) is 0 Å². The fourth-order valence-electron chi connectivity index (χ4n) is 2.10. The van der Waals surface area contributed by atoms with Crippen LogP contribution >= 0.6 is 35.6 Å². The number of ether oxygens (including phenoxy) is 1. The van der Waals surface area contributed by atoms with Crippen LogP contribution in [0.5, 0.6) is 0 Å². The molecule has 0 saturated carbocycles. The van der Waals surface area contributed by atoms with E-state index in [2.05, 4.69) is 4.99 Å². The lowest BCUT2D eigenvalue weighted by Crippen LogP contribution is -2.44. The molecule has 122 valence electrons. The number of rotatable bonds is 4. The Balaban J connectivity index is 0.00000242. The van der Waals surface area contributed by atoms with Crippen molar-refractivity contribution >= 4 is 47.2 Å². The van der Waals surface area contributed by atoms with E-state index in [1.54, 1.807) is 12.1 Å². The van der Waals surface area contributed by atoms with Gasteiger partial charge in [0.15, 0.2) is 5.96 Å². The normalized spacial score (nSPS) is 15.3. The van der Waals surface area contributed by atoms with E-state index in [-0.39, 0.29) is 29.7 Å². The van der Waals surface area contributed by atoms with Crippen molar-refractivity contribution in [1.29, 1.82) is 0 Å². The first-order chi connectivity index (χ1) is 10.1. The van der Waals surface area contributed by atoms with Crippen LogP contribution in [0.1, 0.15) is 5.56 Å². The summed E-state index contributed by atoms with van der Waals surface area (Å²) in [6.07, 6.45) is 0.443. The maximum atomic E-state index is 11.0. The molecule has 0 amide bonds. The van der Waals surface area contributed by atoms with Gasteiger partial charge in [-0.15, -0.1) is 24.0 Å². The Morgan fingerprint density at radius 3 is 2.77 bits per heavy atom. The number of morpholine rings is 1. The lowest BCUT2D eigenvalue weighted by Gasteiger charge is -2.27. The van der Waals surface area contributed by atoms with Gasteiger partial charge in [-0.2, -0.15) is 0 Å². The number of nitrogens with two attached hydrogens (primary N) is 1. The molecule has 9 heteroatoms. The molecule has 0 aliphatic carbocycles. The summed E-state index contributed by atoms with van der Waals surface area (Å²) in [5.41, 5.74) is 6.52. The zero-order valence-corrected chi connectivity index (χ0v) is 15.0. The minimum atomic E-state index is -0.434. The van der Waals surface area contributed by atoms with Gasteiger partial charge < -0.3 is 15.4 Å². The number of hydrogen-bond acceptors (Lipinski definition) is 4. The number of halogens is 2. The molecule has 0 atom stereocenters. The average molecular weight is 441 g/mol. The average Bonchev–Trinajstić information content (AvgIpc) is 2.49. The van der Waals surface area contributed by atoms with Gasteiger partial charge in [0.25, 0.3) is 5.69 Å². The molecule has 0 radical (unpaired) electrons. The van der Waals surface area contributed by atoms with Crippen LogP contribution in [-0.2, 0) is 11.2 Å². The summed E-state index contributed by atoms with van der Waals surface area (Å²) in [6.45, 7) is 3.11. The third-order valence-corrected chi connectivity index (χ3v) is 3.47.